The minimum absolute atomic E-state index is 0.273. The van der Waals surface area contributed by atoms with E-state index < -0.39 is 0 Å². The van der Waals surface area contributed by atoms with Gasteiger partial charge in [0.15, 0.2) is 0 Å². The molecule has 1 saturated carbocycles. The van der Waals surface area contributed by atoms with Crippen molar-refractivity contribution in [3.05, 3.63) is 29.6 Å². The van der Waals surface area contributed by atoms with Gasteiger partial charge in [-0.25, -0.2) is 4.39 Å². The number of halogens is 1. The molecule has 1 aliphatic carbocycles. The lowest BCUT2D eigenvalue weighted by Crippen LogP contribution is -2.19. The Morgan fingerprint density at radius 2 is 2.17 bits per heavy atom. The quantitative estimate of drug-likeness (QED) is 0.889. The molecular formula is C15H22FNO. The third kappa shape index (κ3) is 3.70. The van der Waals surface area contributed by atoms with E-state index in [2.05, 4.69) is 6.92 Å². The second-order valence-electron chi connectivity index (χ2n) is 5.45. The van der Waals surface area contributed by atoms with Gasteiger partial charge in [-0.3, -0.25) is 0 Å². The maximum atomic E-state index is 13.3. The van der Waals surface area contributed by atoms with Gasteiger partial charge in [0.05, 0.1) is 6.61 Å². The summed E-state index contributed by atoms with van der Waals surface area (Å²) in [5, 5.41) is 0. The van der Waals surface area contributed by atoms with Crippen LogP contribution in [0.1, 0.15) is 38.2 Å². The van der Waals surface area contributed by atoms with Crippen LogP contribution in [-0.4, -0.2) is 6.61 Å². The minimum atomic E-state index is -0.273. The minimum Gasteiger partial charge on any atom is -0.493 e. The predicted octanol–water partition coefficient (Wildman–Crippen LogP) is 3.49. The van der Waals surface area contributed by atoms with Crippen LogP contribution in [0, 0.1) is 17.7 Å². The highest BCUT2D eigenvalue weighted by atomic mass is 19.1. The highest BCUT2D eigenvalue weighted by molar-refractivity contribution is 5.29. The maximum Gasteiger partial charge on any atom is 0.127 e. The molecule has 2 N–H and O–H groups in total. The molecular weight excluding hydrogens is 229 g/mol. The van der Waals surface area contributed by atoms with E-state index in [1.165, 1.54) is 37.8 Å². The number of rotatable bonds is 4. The van der Waals surface area contributed by atoms with Crippen molar-refractivity contribution in [3.63, 3.8) is 0 Å². The van der Waals surface area contributed by atoms with Gasteiger partial charge in [-0.05, 0) is 42.4 Å². The fraction of sp³-hybridized carbons (Fsp3) is 0.600. The van der Waals surface area contributed by atoms with Crippen molar-refractivity contribution in [2.75, 3.05) is 6.61 Å². The monoisotopic (exact) mass is 251 g/mol. The fourth-order valence-corrected chi connectivity index (χ4v) is 2.75. The summed E-state index contributed by atoms with van der Waals surface area (Å²) < 4.78 is 19.0. The van der Waals surface area contributed by atoms with Crippen LogP contribution in [0.2, 0.25) is 0 Å². The summed E-state index contributed by atoms with van der Waals surface area (Å²) in [7, 11) is 0. The molecule has 0 aliphatic heterocycles. The molecule has 2 unspecified atom stereocenters. The van der Waals surface area contributed by atoms with Crippen LogP contribution in [0.25, 0.3) is 0 Å². The molecule has 1 aromatic carbocycles. The van der Waals surface area contributed by atoms with Gasteiger partial charge in [-0.2, -0.15) is 0 Å². The normalized spacial score (nSPS) is 23.9. The number of nitrogens with two attached hydrogens (primary N) is 1. The highest BCUT2D eigenvalue weighted by Gasteiger charge is 2.19. The van der Waals surface area contributed by atoms with Crippen molar-refractivity contribution in [2.45, 2.75) is 39.2 Å². The van der Waals surface area contributed by atoms with E-state index in [4.69, 9.17) is 10.5 Å². The van der Waals surface area contributed by atoms with Gasteiger partial charge in [0.2, 0.25) is 0 Å². The van der Waals surface area contributed by atoms with Crippen LogP contribution in [0.5, 0.6) is 5.75 Å². The first-order valence-corrected chi connectivity index (χ1v) is 6.79. The van der Waals surface area contributed by atoms with Gasteiger partial charge in [0.25, 0.3) is 0 Å². The molecule has 3 heteroatoms. The summed E-state index contributed by atoms with van der Waals surface area (Å²) in [4.78, 5) is 0. The van der Waals surface area contributed by atoms with Gasteiger partial charge in [-0.1, -0.05) is 19.8 Å². The number of benzene rings is 1. The Hall–Kier alpha value is -1.09. The molecule has 0 amide bonds. The average molecular weight is 251 g/mol. The van der Waals surface area contributed by atoms with Gasteiger partial charge >= 0.3 is 0 Å². The van der Waals surface area contributed by atoms with Gasteiger partial charge in [0.1, 0.15) is 11.6 Å². The average Bonchev–Trinajstić information content (AvgIpc) is 2.36. The summed E-state index contributed by atoms with van der Waals surface area (Å²) >= 11 is 0. The van der Waals surface area contributed by atoms with E-state index in [1.807, 2.05) is 6.07 Å². The number of hydrogen-bond donors (Lipinski definition) is 1. The van der Waals surface area contributed by atoms with Crippen LogP contribution >= 0.6 is 0 Å². The van der Waals surface area contributed by atoms with Crippen LogP contribution < -0.4 is 10.5 Å². The second-order valence-corrected chi connectivity index (χ2v) is 5.45. The Bertz CT molecular complexity index is 394. The molecule has 0 spiro atoms. The zero-order valence-electron chi connectivity index (χ0n) is 11.0. The highest BCUT2D eigenvalue weighted by Crippen LogP contribution is 2.29. The SMILES string of the molecule is CC1CCCC(COc2cc(F)cc(CN)c2)C1. The summed E-state index contributed by atoms with van der Waals surface area (Å²) in [6.07, 6.45) is 5.06. The van der Waals surface area contributed by atoms with Crippen molar-refractivity contribution < 1.29 is 9.13 Å². The summed E-state index contributed by atoms with van der Waals surface area (Å²) in [5.41, 5.74) is 6.30. The van der Waals surface area contributed by atoms with E-state index in [1.54, 1.807) is 0 Å². The molecule has 0 radical (unpaired) electrons. The molecule has 0 bridgehead atoms. The molecule has 2 nitrogen and oxygen atoms in total. The van der Waals surface area contributed by atoms with E-state index in [9.17, 15) is 4.39 Å². The molecule has 1 aliphatic rings. The first-order chi connectivity index (χ1) is 8.67. The first-order valence-electron chi connectivity index (χ1n) is 6.79. The van der Waals surface area contributed by atoms with Gasteiger partial charge in [-0.15, -0.1) is 0 Å². The third-order valence-corrected chi connectivity index (χ3v) is 3.70. The molecule has 1 aromatic rings. The Morgan fingerprint density at radius 3 is 2.89 bits per heavy atom. The van der Waals surface area contributed by atoms with Crippen molar-refractivity contribution in [3.8, 4) is 5.75 Å². The Balaban J connectivity index is 1.91. The van der Waals surface area contributed by atoms with E-state index in [0.29, 0.717) is 24.8 Å². The molecule has 2 atom stereocenters. The van der Waals surface area contributed by atoms with Crippen LogP contribution in [0.4, 0.5) is 4.39 Å². The van der Waals surface area contributed by atoms with E-state index in [0.717, 1.165) is 11.5 Å². The molecule has 100 valence electrons. The topological polar surface area (TPSA) is 35.2 Å². The number of ether oxygens (including phenoxy) is 1. The Kier molecular flexibility index (Phi) is 4.59. The third-order valence-electron chi connectivity index (χ3n) is 3.70. The molecule has 0 saturated heterocycles. The smallest absolute Gasteiger partial charge is 0.127 e. The standard InChI is InChI=1S/C15H22FNO/c1-11-3-2-4-12(5-11)10-18-15-7-13(9-17)6-14(16)8-15/h6-8,11-12H,2-5,9-10,17H2,1H3. The zero-order chi connectivity index (χ0) is 13.0. The lowest BCUT2D eigenvalue weighted by atomic mass is 9.83. The van der Waals surface area contributed by atoms with Crippen molar-refractivity contribution in [2.24, 2.45) is 17.6 Å². The zero-order valence-corrected chi connectivity index (χ0v) is 11.0. The molecule has 0 aromatic heterocycles. The predicted molar refractivity (Wildman–Crippen MR) is 70.9 cm³/mol. The van der Waals surface area contributed by atoms with Gasteiger partial charge in [0, 0.05) is 12.6 Å². The summed E-state index contributed by atoms with van der Waals surface area (Å²) in [6.45, 7) is 3.33. The Labute approximate surface area is 108 Å². The van der Waals surface area contributed by atoms with Crippen LogP contribution in [0.3, 0.4) is 0 Å². The summed E-state index contributed by atoms with van der Waals surface area (Å²) in [5.74, 6) is 1.73. The molecule has 0 heterocycles. The lowest BCUT2D eigenvalue weighted by molar-refractivity contribution is 0.181. The van der Waals surface area contributed by atoms with Crippen LogP contribution in [0.15, 0.2) is 18.2 Å². The van der Waals surface area contributed by atoms with Crippen LogP contribution in [-0.2, 0) is 6.54 Å². The lowest BCUT2D eigenvalue weighted by Gasteiger charge is -2.26. The second kappa shape index (κ2) is 6.19. The molecule has 18 heavy (non-hydrogen) atoms. The Morgan fingerprint density at radius 1 is 1.33 bits per heavy atom. The first kappa shape index (κ1) is 13.3. The van der Waals surface area contributed by atoms with Crippen molar-refractivity contribution >= 4 is 0 Å². The van der Waals surface area contributed by atoms with Crippen molar-refractivity contribution in [1.82, 2.24) is 0 Å². The van der Waals surface area contributed by atoms with E-state index in [-0.39, 0.29) is 5.82 Å². The van der Waals surface area contributed by atoms with Gasteiger partial charge < -0.3 is 10.5 Å². The van der Waals surface area contributed by atoms with E-state index >= 15 is 0 Å². The molecule has 2 rings (SSSR count). The fourth-order valence-electron chi connectivity index (χ4n) is 2.75. The maximum absolute atomic E-state index is 13.3. The number of hydrogen-bond acceptors (Lipinski definition) is 2. The van der Waals surface area contributed by atoms with Crippen molar-refractivity contribution in [1.29, 1.82) is 0 Å². The summed E-state index contributed by atoms with van der Waals surface area (Å²) in [6, 6.07) is 4.72. The largest absolute Gasteiger partial charge is 0.493 e. The molecule has 1 fully saturated rings.